The number of hydrogen-bond donors (Lipinski definition) is 0. The van der Waals surface area contributed by atoms with Gasteiger partial charge >= 0.3 is 0 Å². The number of pyridine rings is 1. The van der Waals surface area contributed by atoms with Crippen LogP contribution < -0.4 is 0 Å². The normalized spacial score (nSPS) is 20.9. The van der Waals surface area contributed by atoms with Gasteiger partial charge in [-0.25, -0.2) is 4.98 Å². The number of halogens is 1. The molecule has 1 atom stereocenters. The van der Waals surface area contributed by atoms with Gasteiger partial charge in [0.25, 0.3) is 0 Å². The van der Waals surface area contributed by atoms with Crippen molar-refractivity contribution in [2.75, 3.05) is 13.2 Å². The third-order valence-electron chi connectivity index (χ3n) is 3.24. The fourth-order valence-electron chi connectivity index (χ4n) is 2.39. The van der Waals surface area contributed by atoms with Crippen LogP contribution in [0.3, 0.4) is 0 Å². The lowest BCUT2D eigenvalue weighted by Gasteiger charge is -2.20. The molecule has 3 nitrogen and oxygen atoms in total. The van der Waals surface area contributed by atoms with Crippen LogP contribution >= 0.6 is 11.6 Å². The minimum Gasteiger partial charge on any atom is -0.381 e. The van der Waals surface area contributed by atoms with E-state index in [4.69, 9.17) is 16.3 Å². The van der Waals surface area contributed by atoms with Crippen LogP contribution in [0.1, 0.15) is 18.5 Å². The molecular formula is C13H15ClN2O. The minimum atomic E-state index is 0.604. The summed E-state index contributed by atoms with van der Waals surface area (Å²) in [7, 11) is 0. The molecule has 1 fully saturated rings. The summed E-state index contributed by atoms with van der Waals surface area (Å²) in [6, 6.07) is 3.81. The molecule has 0 N–H and O–H groups in total. The lowest BCUT2D eigenvalue weighted by atomic mass is 9.97. The van der Waals surface area contributed by atoms with Crippen molar-refractivity contribution in [2.24, 2.45) is 5.92 Å². The van der Waals surface area contributed by atoms with E-state index in [-0.39, 0.29) is 0 Å². The van der Waals surface area contributed by atoms with E-state index in [0.717, 1.165) is 31.0 Å². The number of fused-ring (bicyclic) bond motifs is 1. The SMILES string of the molecule is Clc1cccn2cc(CC3CCCOC3)nc12. The van der Waals surface area contributed by atoms with Gasteiger partial charge in [0, 0.05) is 25.6 Å². The van der Waals surface area contributed by atoms with Crippen LogP contribution in [0.4, 0.5) is 0 Å². The highest BCUT2D eigenvalue weighted by Crippen LogP contribution is 2.21. The number of nitrogens with zero attached hydrogens (tertiary/aromatic N) is 2. The van der Waals surface area contributed by atoms with Gasteiger partial charge in [0.15, 0.2) is 5.65 Å². The monoisotopic (exact) mass is 250 g/mol. The standard InChI is InChI=1S/C13H15ClN2O/c14-12-4-1-5-16-8-11(15-13(12)16)7-10-3-2-6-17-9-10/h1,4-5,8,10H,2-3,6-7,9H2. The summed E-state index contributed by atoms with van der Waals surface area (Å²) in [5.74, 6) is 0.604. The summed E-state index contributed by atoms with van der Waals surface area (Å²) in [5.41, 5.74) is 1.95. The molecule has 17 heavy (non-hydrogen) atoms. The Morgan fingerprint density at radius 1 is 1.53 bits per heavy atom. The lowest BCUT2D eigenvalue weighted by Crippen LogP contribution is -2.19. The van der Waals surface area contributed by atoms with Crippen molar-refractivity contribution >= 4 is 17.2 Å². The van der Waals surface area contributed by atoms with Crippen LogP contribution in [0.2, 0.25) is 5.02 Å². The Hall–Kier alpha value is -1.06. The zero-order valence-electron chi connectivity index (χ0n) is 9.60. The second-order valence-electron chi connectivity index (χ2n) is 4.61. The molecule has 4 heteroatoms. The molecule has 1 aliphatic rings. The molecule has 2 aromatic rings. The highest BCUT2D eigenvalue weighted by molar-refractivity contribution is 6.33. The predicted molar refractivity (Wildman–Crippen MR) is 67.4 cm³/mol. The third kappa shape index (κ3) is 2.31. The molecule has 0 aliphatic carbocycles. The molecule has 0 amide bonds. The molecule has 3 rings (SSSR count). The summed E-state index contributed by atoms with van der Waals surface area (Å²) < 4.78 is 7.48. The van der Waals surface area contributed by atoms with Gasteiger partial charge in [0.2, 0.25) is 0 Å². The first-order chi connectivity index (χ1) is 8.33. The molecule has 0 spiro atoms. The first kappa shape index (κ1) is 11.1. The van der Waals surface area contributed by atoms with Crippen LogP contribution in [-0.2, 0) is 11.2 Å². The van der Waals surface area contributed by atoms with E-state index >= 15 is 0 Å². The Labute approximate surface area is 105 Å². The smallest absolute Gasteiger partial charge is 0.155 e. The van der Waals surface area contributed by atoms with Gasteiger partial charge in [-0.15, -0.1) is 0 Å². The summed E-state index contributed by atoms with van der Waals surface area (Å²) in [6.45, 7) is 1.77. The number of rotatable bonds is 2. The van der Waals surface area contributed by atoms with Crippen molar-refractivity contribution in [2.45, 2.75) is 19.3 Å². The summed E-state index contributed by atoms with van der Waals surface area (Å²) in [6.07, 6.45) is 7.43. The van der Waals surface area contributed by atoms with Gasteiger partial charge in [-0.2, -0.15) is 0 Å². The fourth-order valence-corrected chi connectivity index (χ4v) is 2.60. The average molecular weight is 251 g/mol. The minimum absolute atomic E-state index is 0.604. The second-order valence-corrected chi connectivity index (χ2v) is 5.01. The molecule has 0 bridgehead atoms. The van der Waals surface area contributed by atoms with Crippen molar-refractivity contribution < 1.29 is 4.74 Å². The number of ether oxygens (including phenoxy) is 1. The average Bonchev–Trinajstić information content (AvgIpc) is 2.74. The maximum Gasteiger partial charge on any atom is 0.155 e. The molecule has 0 saturated carbocycles. The molecule has 3 heterocycles. The molecule has 1 saturated heterocycles. The van der Waals surface area contributed by atoms with Crippen molar-refractivity contribution in [3.63, 3.8) is 0 Å². The van der Waals surface area contributed by atoms with E-state index in [1.807, 2.05) is 22.7 Å². The van der Waals surface area contributed by atoms with E-state index in [2.05, 4.69) is 11.2 Å². The predicted octanol–water partition coefficient (Wildman–Crippen LogP) is 2.96. The molecule has 2 aromatic heterocycles. The Bertz CT molecular complexity index is 517. The Morgan fingerprint density at radius 2 is 2.47 bits per heavy atom. The maximum atomic E-state index is 6.11. The third-order valence-corrected chi connectivity index (χ3v) is 3.53. The zero-order valence-corrected chi connectivity index (χ0v) is 10.4. The van der Waals surface area contributed by atoms with Crippen LogP contribution in [0, 0.1) is 5.92 Å². The number of hydrogen-bond acceptors (Lipinski definition) is 2. The molecule has 90 valence electrons. The molecule has 1 aliphatic heterocycles. The first-order valence-electron chi connectivity index (χ1n) is 6.03. The van der Waals surface area contributed by atoms with Gasteiger partial charge in [0.05, 0.1) is 10.7 Å². The van der Waals surface area contributed by atoms with E-state index < -0.39 is 0 Å². The second kappa shape index (κ2) is 4.67. The molecule has 0 radical (unpaired) electrons. The quantitative estimate of drug-likeness (QED) is 0.819. The van der Waals surface area contributed by atoms with E-state index in [9.17, 15) is 0 Å². The summed E-state index contributed by atoms with van der Waals surface area (Å²) in [5, 5.41) is 0.707. The van der Waals surface area contributed by atoms with Crippen LogP contribution in [-0.4, -0.2) is 22.6 Å². The topological polar surface area (TPSA) is 26.5 Å². The fraction of sp³-hybridized carbons (Fsp3) is 0.462. The largest absolute Gasteiger partial charge is 0.381 e. The van der Waals surface area contributed by atoms with Gasteiger partial charge < -0.3 is 9.14 Å². The highest BCUT2D eigenvalue weighted by Gasteiger charge is 2.16. The highest BCUT2D eigenvalue weighted by atomic mass is 35.5. The first-order valence-corrected chi connectivity index (χ1v) is 6.40. The van der Waals surface area contributed by atoms with Crippen LogP contribution in [0.15, 0.2) is 24.5 Å². The van der Waals surface area contributed by atoms with Crippen molar-refractivity contribution in [1.29, 1.82) is 0 Å². The number of aromatic nitrogens is 2. The van der Waals surface area contributed by atoms with Crippen molar-refractivity contribution in [3.05, 3.63) is 35.2 Å². The Morgan fingerprint density at radius 3 is 3.24 bits per heavy atom. The van der Waals surface area contributed by atoms with E-state index in [1.165, 1.54) is 12.8 Å². The van der Waals surface area contributed by atoms with Crippen LogP contribution in [0.5, 0.6) is 0 Å². The van der Waals surface area contributed by atoms with Gasteiger partial charge in [0.1, 0.15) is 0 Å². The van der Waals surface area contributed by atoms with E-state index in [0.29, 0.717) is 10.9 Å². The van der Waals surface area contributed by atoms with E-state index in [1.54, 1.807) is 0 Å². The maximum absolute atomic E-state index is 6.11. The van der Waals surface area contributed by atoms with Gasteiger partial charge in [-0.3, -0.25) is 0 Å². The number of imidazole rings is 1. The molecular weight excluding hydrogens is 236 g/mol. The molecule has 0 aromatic carbocycles. The Balaban J connectivity index is 1.83. The zero-order chi connectivity index (χ0) is 11.7. The van der Waals surface area contributed by atoms with Gasteiger partial charge in [-0.05, 0) is 37.3 Å². The molecule has 1 unspecified atom stereocenters. The van der Waals surface area contributed by atoms with Crippen LogP contribution in [0.25, 0.3) is 5.65 Å². The van der Waals surface area contributed by atoms with Crippen molar-refractivity contribution in [3.8, 4) is 0 Å². The summed E-state index contributed by atoms with van der Waals surface area (Å²) >= 11 is 6.11. The summed E-state index contributed by atoms with van der Waals surface area (Å²) in [4.78, 5) is 4.58. The van der Waals surface area contributed by atoms with Crippen molar-refractivity contribution in [1.82, 2.24) is 9.38 Å². The van der Waals surface area contributed by atoms with Gasteiger partial charge in [-0.1, -0.05) is 11.6 Å². The Kier molecular flexibility index (Phi) is 3.04. The lowest BCUT2D eigenvalue weighted by molar-refractivity contribution is 0.0547.